The summed E-state index contributed by atoms with van der Waals surface area (Å²) >= 11 is 0. The molecular formula is C16H28N4. The van der Waals surface area contributed by atoms with E-state index in [2.05, 4.69) is 67.0 Å². The SMILES string of the molecule is CC(C)NCc1ccnc(N2CC(C)N(C)C(C)C2)c1. The van der Waals surface area contributed by atoms with Crippen molar-refractivity contribution in [1.29, 1.82) is 0 Å². The predicted molar refractivity (Wildman–Crippen MR) is 85.1 cm³/mol. The van der Waals surface area contributed by atoms with Crippen LogP contribution < -0.4 is 10.2 Å². The van der Waals surface area contributed by atoms with Gasteiger partial charge in [0.25, 0.3) is 0 Å². The number of nitrogens with zero attached hydrogens (tertiary/aromatic N) is 3. The maximum absolute atomic E-state index is 4.56. The fourth-order valence-corrected chi connectivity index (χ4v) is 2.66. The van der Waals surface area contributed by atoms with Crippen molar-refractivity contribution in [1.82, 2.24) is 15.2 Å². The second kappa shape index (κ2) is 6.55. The van der Waals surface area contributed by atoms with Crippen LogP contribution in [-0.4, -0.2) is 48.1 Å². The van der Waals surface area contributed by atoms with Gasteiger partial charge in [-0.2, -0.15) is 0 Å². The normalized spacial score (nSPS) is 24.4. The van der Waals surface area contributed by atoms with Gasteiger partial charge in [-0.3, -0.25) is 4.90 Å². The van der Waals surface area contributed by atoms with E-state index in [1.54, 1.807) is 0 Å². The van der Waals surface area contributed by atoms with Gasteiger partial charge in [-0.1, -0.05) is 13.8 Å². The Hall–Kier alpha value is -1.13. The molecular weight excluding hydrogens is 248 g/mol. The highest BCUT2D eigenvalue weighted by Gasteiger charge is 2.27. The van der Waals surface area contributed by atoms with Crippen LogP contribution in [0.2, 0.25) is 0 Å². The van der Waals surface area contributed by atoms with Crippen LogP contribution in [0.25, 0.3) is 0 Å². The lowest BCUT2D eigenvalue weighted by atomic mass is 10.1. The summed E-state index contributed by atoms with van der Waals surface area (Å²) in [4.78, 5) is 9.42. The third-order valence-electron chi connectivity index (χ3n) is 4.21. The molecule has 1 aromatic heterocycles. The number of pyridine rings is 1. The number of nitrogens with one attached hydrogen (secondary N) is 1. The highest BCUT2D eigenvalue weighted by Crippen LogP contribution is 2.20. The van der Waals surface area contributed by atoms with Crippen molar-refractivity contribution in [2.45, 2.75) is 52.4 Å². The Labute approximate surface area is 123 Å². The Kier molecular flexibility index (Phi) is 5.00. The van der Waals surface area contributed by atoms with Crippen LogP contribution in [0.4, 0.5) is 5.82 Å². The van der Waals surface area contributed by atoms with Crippen LogP contribution in [0.1, 0.15) is 33.3 Å². The summed E-state index contributed by atoms with van der Waals surface area (Å²) in [7, 11) is 2.21. The van der Waals surface area contributed by atoms with E-state index in [1.165, 1.54) is 5.56 Å². The van der Waals surface area contributed by atoms with Gasteiger partial charge in [0, 0.05) is 44.0 Å². The molecule has 1 fully saturated rings. The topological polar surface area (TPSA) is 31.4 Å². The molecule has 1 aliphatic heterocycles. The quantitative estimate of drug-likeness (QED) is 0.912. The first kappa shape index (κ1) is 15.3. The van der Waals surface area contributed by atoms with Crippen LogP contribution in [0, 0.1) is 0 Å². The average Bonchev–Trinajstić information content (AvgIpc) is 2.42. The molecule has 4 heteroatoms. The summed E-state index contributed by atoms with van der Waals surface area (Å²) in [5.41, 5.74) is 1.31. The molecule has 2 rings (SSSR count). The van der Waals surface area contributed by atoms with E-state index in [4.69, 9.17) is 0 Å². The van der Waals surface area contributed by atoms with Gasteiger partial charge >= 0.3 is 0 Å². The summed E-state index contributed by atoms with van der Waals surface area (Å²) in [6.45, 7) is 11.9. The molecule has 0 spiro atoms. The molecule has 1 N–H and O–H groups in total. The van der Waals surface area contributed by atoms with E-state index >= 15 is 0 Å². The summed E-state index contributed by atoms with van der Waals surface area (Å²) in [6, 6.07) is 5.97. The second-order valence-electron chi connectivity index (χ2n) is 6.33. The minimum absolute atomic E-state index is 0.510. The molecule has 0 saturated carbocycles. The van der Waals surface area contributed by atoms with Gasteiger partial charge in [0.2, 0.25) is 0 Å². The van der Waals surface area contributed by atoms with Crippen LogP contribution in [-0.2, 0) is 6.54 Å². The molecule has 1 aliphatic rings. The summed E-state index contributed by atoms with van der Waals surface area (Å²) in [5.74, 6) is 1.11. The van der Waals surface area contributed by atoms with Crippen molar-refractivity contribution in [3.05, 3.63) is 23.9 Å². The Balaban J connectivity index is 2.07. The Morgan fingerprint density at radius 1 is 1.30 bits per heavy atom. The first-order valence-corrected chi connectivity index (χ1v) is 7.62. The number of likely N-dealkylation sites (N-methyl/N-ethyl adjacent to an activating group) is 1. The highest BCUT2D eigenvalue weighted by atomic mass is 15.3. The third kappa shape index (κ3) is 3.70. The number of aromatic nitrogens is 1. The molecule has 2 unspecified atom stereocenters. The molecule has 2 atom stereocenters. The smallest absolute Gasteiger partial charge is 0.128 e. The predicted octanol–water partition coefficient (Wildman–Crippen LogP) is 2.11. The minimum atomic E-state index is 0.510. The van der Waals surface area contributed by atoms with Crippen LogP contribution >= 0.6 is 0 Å². The zero-order chi connectivity index (χ0) is 14.7. The van der Waals surface area contributed by atoms with Gasteiger partial charge in [-0.15, -0.1) is 0 Å². The largest absolute Gasteiger partial charge is 0.353 e. The standard InChI is InChI=1S/C16H28N4/c1-12(2)18-9-15-6-7-17-16(8-15)20-10-13(3)19(5)14(4)11-20/h6-8,12-14,18H,9-11H2,1-5H3. The number of rotatable bonds is 4. The van der Waals surface area contributed by atoms with E-state index in [0.717, 1.165) is 25.5 Å². The monoisotopic (exact) mass is 276 g/mol. The Bertz CT molecular complexity index is 420. The lowest BCUT2D eigenvalue weighted by molar-refractivity contribution is 0.169. The molecule has 0 bridgehead atoms. The van der Waals surface area contributed by atoms with Crippen LogP contribution in [0.3, 0.4) is 0 Å². The third-order valence-corrected chi connectivity index (χ3v) is 4.21. The molecule has 2 heterocycles. The Morgan fingerprint density at radius 3 is 2.55 bits per heavy atom. The van der Waals surface area contributed by atoms with Gasteiger partial charge in [-0.25, -0.2) is 4.98 Å². The molecule has 4 nitrogen and oxygen atoms in total. The highest BCUT2D eigenvalue weighted by molar-refractivity contribution is 5.42. The van der Waals surface area contributed by atoms with Gasteiger partial charge < -0.3 is 10.2 Å². The van der Waals surface area contributed by atoms with Gasteiger partial charge in [0.15, 0.2) is 0 Å². The van der Waals surface area contributed by atoms with Crippen LogP contribution in [0.15, 0.2) is 18.3 Å². The zero-order valence-electron chi connectivity index (χ0n) is 13.4. The lowest BCUT2D eigenvalue weighted by Gasteiger charge is -2.43. The maximum atomic E-state index is 4.56. The maximum Gasteiger partial charge on any atom is 0.128 e. The first-order chi connectivity index (χ1) is 9.47. The van der Waals surface area contributed by atoms with E-state index < -0.39 is 0 Å². The first-order valence-electron chi connectivity index (χ1n) is 7.62. The average molecular weight is 276 g/mol. The van der Waals surface area contributed by atoms with Crippen molar-refractivity contribution < 1.29 is 0 Å². The number of hydrogen-bond acceptors (Lipinski definition) is 4. The van der Waals surface area contributed by atoms with Gasteiger partial charge in [0.05, 0.1) is 0 Å². The summed E-state index contributed by atoms with van der Waals surface area (Å²) in [6.07, 6.45) is 1.93. The summed E-state index contributed by atoms with van der Waals surface area (Å²) < 4.78 is 0. The fourth-order valence-electron chi connectivity index (χ4n) is 2.66. The minimum Gasteiger partial charge on any atom is -0.353 e. The van der Waals surface area contributed by atoms with Crippen molar-refractivity contribution in [3.8, 4) is 0 Å². The van der Waals surface area contributed by atoms with E-state index in [-0.39, 0.29) is 0 Å². The van der Waals surface area contributed by atoms with Crippen LogP contribution in [0.5, 0.6) is 0 Å². The second-order valence-corrected chi connectivity index (χ2v) is 6.33. The molecule has 20 heavy (non-hydrogen) atoms. The van der Waals surface area contributed by atoms with Gasteiger partial charge in [-0.05, 0) is 38.6 Å². The zero-order valence-corrected chi connectivity index (χ0v) is 13.4. The summed E-state index contributed by atoms with van der Waals surface area (Å²) in [5, 5.41) is 3.46. The molecule has 0 aliphatic carbocycles. The van der Waals surface area contributed by atoms with Crippen molar-refractivity contribution in [3.63, 3.8) is 0 Å². The Morgan fingerprint density at radius 2 is 1.95 bits per heavy atom. The van der Waals surface area contributed by atoms with Crippen molar-refractivity contribution in [2.75, 3.05) is 25.0 Å². The lowest BCUT2D eigenvalue weighted by Crippen LogP contribution is -2.55. The molecule has 0 aromatic carbocycles. The van der Waals surface area contributed by atoms with E-state index in [1.807, 2.05) is 6.20 Å². The molecule has 1 aromatic rings. The van der Waals surface area contributed by atoms with Crippen molar-refractivity contribution >= 4 is 5.82 Å². The van der Waals surface area contributed by atoms with Gasteiger partial charge in [0.1, 0.15) is 5.82 Å². The molecule has 0 radical (unpaired) electrons. The molecule has 1 saturated heterocycles. The number of hydrogen-bond donors (Lipinski definition) is 1. The molecule has 0 amide bonds. The van der Waals surface area contributed by atoms with E-state index in [0.29, 0.717) is 18.1 Å². The number of anilines is 1. The number of piperazine rings is 1. The fraction of sp³-hybridized carbons (Fsp3) is 0.688. The van der Waals surface area contributed by atoms with Crippen molar-refractivity contribution in [2.24, 2.45) is 0 Å². The molecule has 112 valence electrons. The van der Waals surface area contributed by atoms with E-state index in [9.17, 15) is 0 Å².